The summed E-state index contributed by atoms with van der Waals surface area (Å²) in [4.78, 5) is 6.60. The molecule has 0 aliphatic carbocycles. The maximum absolute atomic E-state index is 13.8. The molecule has 0 saturated carbocycles. The highest BCUT2D eigenvalue weighted by molar-refractivity contribution is 7.74. The summed E-state index contributed by atoms with van der Waals surface area (Å²) < 4.78 is 104. The fourth-order valence-corrected chi connectivity index (χ4v) is 5.05. The van der Waals surface area contributed by atoms with Crippen LogP contribution < -0.4 is 10.6 Å². The summed E-state index contributed by atoms with van der Waals surface area (Å²) in [6.07, 6.45) is -9.59. The predicted octanol–water partition coefficient (Wildman–Crippen LogP) is 5.09. The van der Waals surface area contributed by atoms with Crippen LogP contribution in [-0.4, -0.2) is 26.9 Å². The summed E-state index contributed by atoms with van der Waals surface area (Å²) >= 11 is 0. The number of aromatic nitrogens is 4. The Bertz CT molecular complexity index is 1260. The van der Waals surface area contributed by atoms with Crippen molar-refractivity contribution >= 4 is 18.0 Å². The van der Waals surface area contributed by atoms with Gasteiger partial charge in [0.15, 0.2) is 0 Å². The van der Waals surface area contributed by atoms with Gasteiger partial charge in [0.1, 0.15) is 0 Å². The van der Waals surface area contributed by atoms with Gasteiger partial charge in [0, 0.05) is 21.7 Å². The van der Waals surface area contributed by atoms with Crippen LogP contribution in [0.5, 0.6) is 0 Å². The SMILES string of the molecule is CCOP(=O)(c1ccc(-c2noc(C(F)(F)F)n2)cc1)c1ccc(-c2noc(C(F)(F)F)n2)cc1. The average Bonchev–Trinajstić information content (AvgIpc) is 3.50. The zero-order chi connectivity index (χ0) is 25.4. The van der Waals surface area contributed by atoms with Crippen LogP contribution in [0.1, 0.15) is 18.7 Å². The molecule has 0 amide bonds. The number of alkyl halides is 6. The Morgan fingerprint density at radius 1 is 0.743 bits per heavy atom. The molecular weight excluding hydrogens is 505 g/mol. The van der Waals surface area contributed by atoms with E-state index in [0.717, 1.165) is 0 Å². The van der Waals surface area contributed by atoms with E-state index in [4.69, 9.17) is 4.52 Å². The Balaban J connectivity index is 1.62. The minimum Gasteiger partial charge on any atom is -0.329 e. The summed E-state index contributed by atoms with van der Waals surface area (Å²) in [5, 5.41) is 7.03. The zero-order valence-corrected chi connectivity index (χ0v) is 18.4. The highest BCUT2D eigenvalue weighted by Gasteiger charge is 2.39. The molecule has 4 aromatic rings. The maximum Gasteiger partial charge on any atom is 0.471 e. The summed E-state index contributed by atoms with van der Waals surface area (Å²) in [5.41, 5.74) is 0.368. The number of rotatable bonds is 6. The second-order valence-electron chi connectivity index (χ2n) is 6.90. The van der Waals surface area contributed by atoms with Crippen molar-refractivity contribution in [1.29, 1.82) is 0 Å². The predicted molar refractivity (Wildman–Crippen MR) is 108 cm³/mol. The van der Waals surface area contributed by atoms with Gasteiger partial charge in [0.05, 0.1) is 6.61 Å². The van der Waals surface area contributed by atoms with Crippen molar-refractivity contribution in [2.24, 2.45) is 0 Å². The lowest BCUT2D eigenvalue weighted by atomic mass is 10.2. The van der Waals surface area contributed by atoms with Crippen molar-refractivity contribution in [2.75, 3.05) is 6.61 Å². The van der Waals surface area contributed by atoms with Crippen molar-refractivity contribution in [3.05, 3.63) is 60.3 Å². The Kier molecular flexibility index (Phi) is 6.28. The smallest absolute Gasteiger partial charge is 0.329 e. The number of halogens is 6. The monoisotopic (exact) mass is 518 g/mol. The minimum atomic E-state index is -4.79. The van der Waals surface area contributed by atoms with Gasteiger partial charge in [-0.25, -0.2) is 0 Å². The third kappa shape index (κ3) is 4.98. The summed E-state index contributed by atoms with van der Waals surface area (Å²) in [6, 6.07) is 11.0. The largest absolute Gasteiger partial charge is 0.471 e. The lowest BCUT2D eigenvalue weighted by Crippen LogP contribution is -2.18. The third-order valence-corrected chi connectivity index (χ3v) is 7.16. The highest BCUT2D eigenvalue weighted by atomic mass is 31.2. The average molecular weight is 518 g/mol. The first-order valence-corrected chi connectivity index (χ1v) is 11.3. The van der Waals surface area contributed by atoms with Crippen LogP contribution >= 0.6 is 7.37 Å². The molecule has 0 aliphatic rings. The molecule has 2 aromatic heterocycles. The molecule has 2 aromatic carbocycles. The summed E-state index contributed by atoms with van der Waals surface area (Å²) in [5.74, 6) is -3.61. The van der Waals surface area contributed by atoms with Crippen LogP contribution in [0.25, 0.3) is 22.8 Å². The van der Waals surface area contributed by atoms with Crippen LogP contribution in [0.4, 0.5) is 26.3 Å². The molecule has 0 unspecified atom stereocenters. The molecule has 0 saturated heterocycles. The van der Waals surface area contributed by atoms with Crippen molar-refractivity contribution < 1.29 is 44.5 Å². The normalized spacial score (nSPS) is 12.8. The second-order valence-corrected chi connectivity index (χ2v) is 9.30. The molecule has 2 heterocycles. The number of nitrogens with zero attached hydrogens (tertiary/aromatic N) is 4. The standard InChI is InChI=1S/C20H13F6N4O4P/c1-2-32-35(31,13-7-3-11(4-8-13)15-27-17(33-29-15)19(21,22)23)14-9-5-12(6-10-14)16-28-18(34-30-16)20(24,25)26/h3-10H,2H2,1H3. The highest BCUT2D eigenvalue weighted by Crippen LogP contribution is 2.45. The molecule has 0 radical (unpaired) electrons. The van der Waals surface area contributed by atoms with Crippen LogP contribution in [0, 0.1) is 0 Å². The molecule has 0 atom stereocenters. The second kappa shape index (κ2) is 8.93. The number of benzene rings is 2. The van der Waals surface area contributed by atoms with E-state index in [-0.39, 0.29) is 40.0 Å². The Morgan fingerprint density at radius 3 is 1.40 bits per heavy atom. The van der Waals surface area contributed by atoms with E-state index in [9.17, 15) is 30.9 Å². The van der Waals surface area contributed by atoms with Gasteiger partial charge < -0.3 is 13.6 Å². The molecule has 0 aliphatic heterocycles. The molecule has 15 heteroatoms. The van der Waals surface area contributed by atoms with Gasteiger partial charge in [-0.2, -0.15) is 36.3 Å². The van der Waals surface area contributed by atoms with Crippen LogP contribution in [0.3, 0.4) is 0 Å². The van der Waals surface area contributed by atoms with E-state index in [1.807, 2.05) is 0 Å². The van der Waals surface area contributed by atoms with E-state index in [0.29, 0.717) is 0 Å². The molecular formula is C20H13F6N4O4P. The van der Waals surface area contributed by atoms with Crippen molar-refractivity contribution in [1.82, 2.24) is 20.3 Å². The van der Waals surface area contributed by atoms with Crippen LogP contribution in [0.2, 0.25) is 0 Å². The molecule has 8 nitrogen and oxygen atoms in total. The van der Waals surface area contributed by atoms with Gasteiger partial charge in [-0.3, -0.25) is 4.57 Å². The summed E-state index contributed by atoms with van der Waals surface area (Å²) in [6.45, 7) is 1.67. The van der Waals surface area contributed by atoms with Crippen molar-refractivity contribution in [3.63, 3.8) is 0 Å². The van der Waals surface area contributed by atoms with E-state index >= 15 is 0 Å². The molecule has 0 N–H and O–H groups in total. The molecule has 35 heavy (non-hydrogen) atoms. The van der Waals surface area contributed by atoms with E-state index in [1.165, 1.54) is 48.5 Å². The van der Waals surface area contributed by atoms with Crippen molar-refractivity contribution in [2.45, 2.75) is 19.3 Å². The van der Waals surface area contributed by atoms with Gasteiger partial charge in [-0.15, -0.1) is 0 Å². The van der Waals surface area contributed by atoms with Crippen LogP contribution in [-0.2, 0) is 21.4 Å². The van der Waals surface area contributed by atoms with E-state index in [1.54, 1.807) is 6.92 Å². The Hall–Kier alpha value is -3.51. The molecule has 4 rings (SSSR count). The zero-order valence-electron chi connectivity index (χ0n) is 17.5. The number of hydrogen-bond donors (Lipinski definition) is 0. The lowest BCUT2D eigenvalue weighted by Gasteiger charge is -2.19. The van der Waals surface area contributed by atoms with Gasteiger partial charge in [-0.05, 0) is 31.2 Å². The van der Waals surface area contributed by atoms with Crippen molar-refractivity contribution in [3.8, 4) is 22.8 Å². The molecule has 184 valence electrons. The molecule has 0 bridgehead atoms. The quantitative estimate of drug-likeness (QED) is 0.257. The molecule has 0 fully saturated rings. The topological polar surface area (TPSA) is 104 Å². The van der Waals surface area contributed by atoms with E-state index < -0.39 is 31.5 Å². The first-order chi connectivity index (χ1) is 16.4. The fraction of sp³-hybridized carbons (Fsp3) is 0.200. The Labute approximate surface area is 192 Å². The van der Waals surface area contributed by atoms with E-state index in [2.05, 4.69) is 29.3 Å². The number of hydrogen-bond acceptors (Lipinski definition) is 8. The third-order valence-electron chi connectivity index (χ3n) is 4.58. The van der Waals surface area contributed by atoms with Crippen LogP contribution in [0.15, 0.2) is 57.6 Å². The maximum atomic E-state index is 13.8. The van der Waals surface area contributed by atoms with Gasteiger partial charge in [0.2, 0.25) is 11.6 Å². The first-order valence-electron chi connectivity index (χ1n) is 9.70. The Morgan fingerprint density at radius 2 is 1.11 bits per heavy atom. The lowest BCUT2D eigenvalue weighted by molar-refractivity contribution is -0.160. The van der Waals surface area contributed by atoms with Gasteiger partial charge in [0.25, 0.3) is 7.37 Å². The summed E-state index contributed by atoms with van der Waals surface area (Å²) in [7, 11) is -3.68. The fourth-order valence-electron chi connectivity index (χ4n) is 3.01. The first kappa shape index (κ1) is 24.6. The molecule has 0 spiro atoms. The van der Waals surface area contributed by atoms with Gasteiger partial charge in [-0.1, -0.05) is 34.6 Å². The minimum absolute atomic E-state index is 0.0559. The van der Waals surface area contributed by atoms with Gasteiger partial charge >= 0.3 is 24.1 Å².